The summed E-state index contributed by atoms with van der Waals surface area (Å²) < 4.78 is 36.4. The molecule has 0 rings (SSSR count). The van der Waals surface area contributed by atoms with Crippen LogP contribution in [0.25, 0.3) is 0 Å². The first-order valence-electron chi connectivity index (χ1n) is 1.07. The number of hydrogen-bond acceptors (Lipinski definition) is 2. The van der Waals surface area contributed by atoms with E-state index in [2.05, 4.69) is 0 Å². The fraction of sp³-hybridized carbons (Fsp3) is 1.00. The average molecular weight is 179 g/mol. The summed E-state index contributed by atoms with van der Waals surface area (Å²) in [5, 5.41) is 0. The van der Waals surface area contributed by atoms with Crippen LogP contribution >= 0.6 is 0 Å². The van der Waals surface area contributed by atoms with Crippen molar-refractivity contribution >= 4 is 10.1 Å². The zero-order chi connectivity index (χ0) is 5.21. The van der Waals surface area contributed by atoms with Crippen molar-refractivity contribution < 1.29 is 36.8 Å². The van der Waals surface area contributed by atoms with Crippen LogP contribution in [0.15, 0.2) is 0 Å². The second kappa shape index (κ2) is 3.46. The van der Waals surface area contributed by atoms with E-state index in [1.807, 2.05) is 0 Å². The van der Waals surface area contributed by atoms with E-state index in [1.54, 1.807) is 0 Å². The van der Waals surface area contributed by atoms with Crippen LogP contribution in [-0.4, -0.2) is 19.0 Å². The van der Waals surface area contributed by atoms with Crippen LogP contribution in [0.2, 0.25) is 0 Å². The van der Waals surface area contributed by atoms with Gasteiger partial charge in [0.1, 0.15) is 0 Å². The molecule has 0 saturated carbocycles. The molecule has 7 heavy (non-hydrogen) atoms. The van der Waals surface area contributed by atoms with Gasteiger partial charge in [-0.15, -0.1) is 0 Å². The third kappa shape index (κ3) is 10.7. The molecule has 40 valence electrons. The van der Waals surface area contributed by atoms with Gasteiger partial charge in [0.2, 0.25) is 6.01 Å². The summed E-state index contributed by atoms with van der Waals surface area (Å²) in [7, 11) is -4.33. The summed E-state index contributed by atoms with van der Waals surface area (Å²) in [5.41, 5.74) is 0. The number of rotatable bonds is 1. The Morgan fingerprint density at radius 3 is 1.71 bits per heavy atom. The molecular formula is CH3FO3SZn. The van der Waals surface area contributed by atoms with Crippen LogP contribution in [0.1, 0.15) is 0 Å². The summed E-state index contributed by atoms with van der Waals surface area (Å²) in [4.78, 5) is 0. The Labute approximate surface area is 53.4 Å². The number of hydrogen-bond donors (Lipinski definition) is 1. The largest absolute Gasteiger partial charge is 0.294 e. The SMILES string of the molecule is O=S(=O)(O)CF.[Zn]. The van der Waals surface area contributed by atoms with E-state index < -0.39 is 16.1 Å². The van der Waals surface area contributed by atoms with Gasteiger partial charge in [0.25, 0.3) is 10.1 Å². The predicted molar refractivity (Wildman–Crippen MR) is 17.5 cm³/mol. The molecule has 0 aliphatic carbocycles. The summed E-state index contributed by atoms with van der Waals surface area (Å²) in [5.74, 6) is 0. The van der Waals surface area contributed by atoms with Gasteiger partial charge in [0.05, 0.1) is 0 Å². The zero-order valence-electron chi connectivity index (χ0n) is 3.46. The normalized spacial score (nSPS) is 10.0. The predicted octanol–water partition coefficient (Wildman–Crippen LogP) is -0.201. The molecule has 1 N–H and O–H groups in total. The molecular weight excluding hydrogens is 176 g/mol. The Hall–Kier alpha value is 0.463. The average Bonchev–Trinajstić information content (AvgIpc) is 1.35. The first-order chi connectivity index (χ1) is 2.56. The molecule has 0 atom stereocenters. The van der Waals surface area contributed by atoms with E-state index in [0.29, 0.717) is 0 Å². The van der Waals surface area contributed by atoms with Crippen molar-refractivity contribution in [3.8, 4) is 0 Å². The molecule has 0 fully saturated rings. The summed E-state index contributed by atoms with van der Waals surface area (Å²) in [6, 6.07) is -1.70. The number of alkyl halides is 1. The molecule has 0 amide bonds. The second-order valence-corrected chi connectivity index (χ2v) is 2.07. The molecule has 0 aromatic carbocycles. The topological polar surface area (TPSA) is 54.4 Å². The van der Waals surface area contributed by atoms with Gasteiger partial charge < -0.3 is 0 Å². The molecule has 6 heteroatoms. The third-order valence-electron chi connectivity index (χ3n) is 0.138. The van der Waals surface area contributed by atoms with Crippen molar-refractivity contribution in [2.45, 2.75) is 0 Å². The maximum absolute atomic E-state index is 10.7. The van der Waals surface area contributed by atoms with Crippen molar-refractivity contribution in [1.29, 1.82) is 0 Å². The summed E-state index contributed by atoms with van der Waals surface area (Å²) in [6.45, 7) is 0. The maximum Gasteiger partial charge on any atom is 0.294 e. The molecule has 0 aromatic heterocycles. The van der Waals surface area contributed by atoms with Gasteiger partial charge in [-0.2, -0.15) is 8.42 Å². The van der Waals surface area contributed by atoms with E-state index >= 15 is 0 Å². The molecule has 0 aliphatic heterocycles. The summed E-state index contributed by atoms with van der Waals surface area (Å²) >= 11 is 0. The molecule has 0 heterocycles. The van der Waals surface area contributed by atoms with E-state index in [-0.39, 0.29) is 19.5 Å². The van der Waals surface area contributed by atoms with Gasteiger partial charge in [-0.3, -0.25) is 4.55 Å². The van der Waals surface area contributed by atoms with Crippen molar-refractivity contribution in [1.82, 2.24) is 0 Å². The monoisotopic (exact) mass is 178 g/mol. The van der Waals surface area contributed by atoms with Gasteiger partial charge >= 0.3 is 0 Å². The quantitative estimate of drug-likeness (QED) is 0.448. The van der Waals surface area contributed by atoms with Crippen molar-refractivity contribution in [2.75, 3.05) is 6.01 Å². The molecule has 0 spiro atoms. The van der Waals surface area contributed by atoms with Gasteiger partial charge in [0.15, 0.2) is 0 Å². The van der Waals surface area contributed by atoms with E-state index in [4.69, 9.17) is 4.55 Å². The fourth-order valence-corrected chi connectivity index (χ4v) is 0. The van der Waals surface area contributed by atoms with Crippen LogP contribution in [0, 0.1) is 0 Å². The van der Waals surface area contributed by atoms with Crippen molar-refractivity contribution in [2.24, 2.45) is 0 Å². The van der Waals surface area contributed by atoms with Gasteiger partial charge in [-0.05, 0) is 0 Å². The Kier molecular flexibility index (Phi) is 5.17. The van der Waals surface area contributed by atoms with Crippen LogP contribution in [0.3, 0.4) is 0 Å². The zero-order valence-corrected chi connectivity index (χ0v) is 7.25. The fourth-order valence-electron chi connectivity index (χ4n) is 0. The van der Waals surface area contributed by atoms with Crippen molar-refractivity contribution in [3.63, 3.8) is 0 Å². The smallest absolute Gasteiger partial charge is 0.284 e. The Morgan fingerprint density at radius 2 is 1.71 bits per heavy atom. The first-order valence-corrected chi connectivity index (χ1v) is 2.68. The molecule has 0 radical (unpaired) electrons. The Bertz CT molecular complexity index is 117. The van der Waals surface area contributed by atoms with E-state index in [9.17, 15) is 12.8 Å². The van der Waals surface area contributed by atoms with Gasteiger partial charge in [-0.25, -0.2) is 4.39 Å². The second-order valence-electron chi connectivity index (χ2n) is 0.691. The van der Waals surface area contributed by atoms with Gasteiger partial charge in [0, 0.05) is 19.5 Å². The molecule has 0 aliphatic rings. The maximum atomic E-state index is 10.7. The standard InChI is InChI=1S/CH3FO3S.Zn/c2-1-6(3,4)5;/h1H2,(H,3,4,5);. The Morgan fingerprint density at radius 1 is 1.57 bits per heavy atom. The first kappa shape index (κ1) is 10.4. The van der Waals surface area contributed by atoms with E-state index in [0.717, 1.165) is 0 Å². The number of halogens is 1. The van der Waals surface area contributed by atoms with Crippen LogP contribution in [0.4, 0.5) is 4.39 Å². The molecule has 0 aromatic rings. The molecule has 0 unspecified atom stereocenters. The summed E-state index contributed by atoms with van der Waals surface area (Å²) in [6.07, 6.45) is 0. The third-order valence-corrected chi connectivity index (χ3v) is 0.414. The van der Waals surface area contributed by atoms with Crippen LogP contribution in [0.5, 0.6) is 0 Å². The minimum atomic E-state index is -4.33. The minimum Gasteiger partial charge on any atom is -0.284 e. The van der Waals surface area contributed by atoms with Crippen LogP contribution in [-0.2, 0) is 29.6 Å². The molecule has 0 saturated heterocycles. The minimum absolute atomic E-state index is 0. The van der Waals surface area contributed by atoms with Crippen molar-refractivity contribution in [3.05, 3.63) is 0 Å². The molecule has 0 bridgehead atoms. The van der Waals surface area contributed by atoms with E-state index in [1.165, 1.54) is 0 Å². The van der Waals surface area contributed by atoms with Gasteiger partial charge in [-0.1, -0.05) is 0 Å². The molecule has 3 nitrogen and oxygen atoms in total. The Balaban J connectivity index is 0. The van der Waals surface area contributed by atoms with Crippen LogP contribution < -0.4 is 0 Å².